The van der Waals surface area contributed by atoms with Crippen LogP contribution in [0.4, 0.5) is 0 Å². The number of rotatable bonds is 5. The Labute approximate surface area is 113 Å². The van der Waals surface area contributed by atoms with Crippen molar-refractivity contribution < 1.29 is 14.6 Å². The van der Waals surface area contributed by atoms with Crippen molar-refractivity contribution in [3.05, 3.63) is 59.2 Å². The number of hydrogen-bond donors (Lipinski definition) is 1. The molecular weight excluding hydrogens is 240 g/mol. The molecule has 2 aromatic carbocycles. The Kier molecular flexibility index (Phi) is 4.42. The van der Waals surface area contributed by atoms with Gasteiger partial charge in [0.2, 0.25) is 0 Å². The third kappa shape index (κ3) is 3.26. The second-order valence-electron chi connectivity index (χ2n) is 4.38. The van der Waals surface area contributed by atoms with E-state index < -0.39 is 0 Å². The Hall–Kier alpha value is -2.00. The van der Waals surface area contributed by atoms with E-state index in [-0.39, 0.29) is 6.61 Å². The summed E-state index contributed by atoms with van der Waals surface area (Å²) in [6, 6.07) is 13.7. The summed E-state index contributed by atoms with van der Waals surface area (Å²) >= 11 is 0. The fourth-order valence-corrected chi connectivity index (χ4v) is 2.01. The smallest absolute Gasteiger partial charge is 0.163 e. The molecule has 1 N–H and O–H groups in total. The molecule has 3 nitrogen and oxygen atoms in total. The zero-order valence-electron chi connectivity index (χ0n) is 11.2. The highest BCUT2D eigenvalue weighted by atomic mass is 16.5. The number of aryl methyl sites for hydroxylation is 1. The third-order valence-corrected chi connectivity index (χ3v) is 2.92. The first-order valence-corrected chi connectivity index (χ1v) is 6.19. The van der Waals surface area contributed by atoms with E-state index in [1.165, 1.54) is 0 Å². The lowest BCUT2D eigenvalue weighted by molar-refractivity contribution is 0.271. The SMILES string of the molecule is COc1c(C)cc(CO)cc1OCc1ccccc1. The van der Waals surface area contributed by atoms with Crippen molar-refractivity contribution in [2.75, 3.05) is 7.11 Å². The zero-order chi connectivity index (χ0) is 13.7. The van der Waals surface area contributed by atoms with Crippen LogP contribution in [0, 0.1) is 6.92 Å². The molecule has 0 radical (unpaired) electrons. The largest absolute Gasteiger partial charge is 0.493 e. The molecule has 0 saturated carbocycles. The van der Waals surface area contributed by atoms with E-state index in [0.29, 0.717) is 18.1 Å². The van der Waals surface area contributed by atoms with Crippen LogP contribution in [0.3, 0.4) is 0 Å². The quantitative estimate of drug-likeness (QED) is 0.895. The molecule has 0 heterocycles. The van der Waals surface area contributed by atoms with Crippen LogP contribution in [0.1, 0.15) is 16.7 Å². The van der Waals surface area contributed by atoms with E-state index in [4.69, 9.17) is 9.47 Å². The molecule has 19 heavy (non-hydrogen) atoms. The van der Waals surface area contributed by atoms with E-state index >= 15 is 0 Å². The van der Waals surface area contributed by atoms with Gasteiger partial charge in [-0.2, -0.15) is 0 Å². The van der Waals surface area contributed by atoms with Crippen LogP contribution >= 0.6 is 0 Å². The average Bonchev–Trinajstić information content (AvgIpc) is 2.45. The van der Waals surface area contributed by atoms with Gasteiger partial charge in [0.1, 0.15) is 6.61 Å². The van der Waals surface area contributed by atoms with Gasteiger partial charge in [0.05, 0.1) is 13.7 Å². The highest BCUT2D eigenvalue weighted by Crippen LogP contribution is 2.32. The van der Waals surface area contributed by atoms with E-state index in [1.807, 2.05) is 49.4 Å². The summed E-state index contributed by atoms with van der Waals surface area (Å²) in [4.78, 5) is 0. The lowest BCUT2D eigenvalue weighted by atomic mass is 10.1. The van der Waals surface area contributed by atoms with Gasteiger partial charge in [-0.3, -0.25) is 0 Å². The Morgan fingerprint density at radius 1 is 1.05 bits per heavy atom. The maximum atomic E-state index is 9.24. The summed E-state index contributed by atoms with van der Waals surface area (Å²) in [5.41, 5.74) is 2.87. The number of aliphatic hydroxyl groups is 1. The Morgan fingerprint density at radius 3 is 2.42 bits per heavy atom. The lowest BCUT2D eigenvalue weighted by Crippen LogP contribution is -2.00. The molecule has 0 unspecified atom stereocenters. The summed E-state index contributed by atoms with van der Waals surface area (Å²) in [5, 5.41) is 9.24. The number of ether oxygens (including phenoxy) is 2. The molecule has 3 heteroatoms. The Bertz CT molecular complexity index is 535. The van der Waals surface area contributed by atoms with Crippen molar-refractivity contribution >= 4 is 0 Å². The molecule has 0 aliphatic rings. The van der Waals surface area contributed by atoms with Crippen LogP contribution in [-0.2, 0) is 13.2 Å². The van der Waals surface area contributed by atoms with Gasteiger partial charge in [0, 0.05) is 0 Å². The molecule has 0 bridgehead atoms. The highest BCUT2D eigenvalue weighted by Gasteiger charge is 2.10. The topological polar surface area (TPSA) is 38.7 Å². The molecule has 0 fully saturated rings. The first-order valence-electron chi connectivity index (χ1n) is 6.19. The monoisotopic (exact) mass is 258 g/mol. The predicted molar refractivity (Wildman–Crippen MR) is 74.4 cm³/mol. The van der Waals surface area contributed by atoms with Gasteiger partial charge in [0.15, 0.2) is 11.5 Å². The summed E-state index contributed by atoms with van der Waals surface area (Å²) in [6.45, 7) is 2.41. The molecule has 0 aromatic heterocycles. The van der Waals surface area contributed by atoms with Crippen molar-refractivity contribution in [1.82, 2.24) is 0 Å². The summed E-state index contributed by atoms with van der Waals surface area (Å²) in [7, 11) is 1.62. The molecule has 0 amide bonds. The van der Waals surface area contributed by atoms with Crippen molar-refractivity contribution in [2.24, 2.45) is 0 Å². The first kappa shape index (κ1) is 13.4. The molecule has 2 rings (SSSR count). The van der Waals surface area contributed by atoms with Gasteiger partial charge in [-0.1, -0.05) is 30.3 Å². The van der Waals surface area contributed by atoms with Crippen LogP contribution in [0.15, 0.2) is 42.5 Å². The van der Waals surface area contributed by atoms with Gasteiger partial charge < -0.3 is 14.6 Å². The van der Waals surface area contributed by atoms with Crippen molar-refractivity contribution in [1.29, 1.82) is 0 Å². The van der Waals surface area contributed by atoms with Gasteiger partial charge in [-0.15, -0.1) is 0 Å². The third-order valence-electron chi connectivity index (χ3n) is 2.92. The number of methoxy groups -OCH3 is 1. The summed E-state index contributed by atoms with van der Waals surface area (Å²) < 4.78 is 11.2. The maximum Gasteiger partial charge on any atom is 0.163 e. The van der Waals surface area contributed by atoms with Crippen LogP contribution in [0.25, 0.3) is 0 Å². The minimum Gasteiger partial charge on any atom is -0.493 e. The zero-order valence-corrected chi connectivity index (χ0v) is 11.2. The first-order chi connectivity index (χ1) is 9.24. The van der Waals surface area contributed by atoms with E-state index in [2.05, 4.69) is 0 Å². The Morgan fingerprint density at radius 2 is 1.79 bits per heavy atom. The van der Waals surface area contributed by atoms with Crippen molar-refractivity contribution in [3.8, 4) is 11.5 Å². The standard InChI is InChI=1S/C16H18O3/c1-12-8-14(10-17)9-15(16(12)18-2)19-11-13-6-4-3-5-7-13/h3-9,17H,10-11H2,1-2H3. The highest BCUT2D eigenvalue weighted by molar-refractivity contribution is 5.48. The lowest BCUT2D eigenvalue weighted by Gasteiger charge is -2.14. The average molecular weight is 258 g/mol. The summed E-state index contributed by atoms with van der Waals surface area (Å²) in [6.07, 6.45) is 0. The van der Waals surface area contributed by atoms with Gasteiger partial charge >= 0.3 is 0 Å². The van der Waals surface area contributed by atoms with E-state index in [9.17, 15) is 5.11 Å². The second-order valence-corrected chi connectivity index (χ2v) is 4.38. The fourth-order valence-electron chi connectivity index (χ4n) is 2.01. The van der Waals surface area contributed by atoms with Gasteiger partial charge in [-0.05, 0) is 35.7 Å². The van der Waals surface area contributed by atoms with Crippen LogP contribution in [0.5, 0.6) is 11.5 Å². The van der Waals surface area contributed by atoms with Gasteiger partial charge in [-0.25, -0.2) is 0 Å². The molecule has 0 spiro atoms. The van der Waals surface area contributed by atoms with E-state index in [1.54, 1.807) is 7.11 Å². The van der Waals surface area contributed by atoms with Gasteiger partial charge in [0.25, 0.3) is 0 Å². The number of benzene rings is 2. The van der Waals surface area contributed by atoms with Crippen molar-refractivity contribution in [3.63, 3.8) is 0 Å². The normalized spacial score (nSPS) is 10.3. The number of aliphatic hydroxyl groups excluding tert-OH is 1. The van der Waals surface area contributed by atoms with Crippen LogP contribution < -0.4 is 9.47 Å². The minimum absolute atomic E-state index is 0.00741. The molecule has 0 aliphatic carbocycles. The second kappa shape index (κ2) is 6.25. The molecule has 0 atom stereocenters. The van der Waals surface area contributed by atoms with Crippen molar-refractivity contribution in [2.45, 2.75) is 20.1 Å². The molecule has 100 valence electrons. The molecule has 2 aromatic rings. The van der Waals surface area contributed by atoms with E-state index in [0.717, 1.165) is 16.7 Å². The molecule has 0 aliphatic heterocycles. The maximum absolute atomic E-state index is 9.24. The summed E-state index contributed by atoms with van der Waals surface area (Å²) in [5.74, 6) is 1.38. The fraction of sp³-hybridized carbons (Fsp3) is 0.250. The Balaban J connectivity index is 2.21. The number of hydrogen-bond acceptors (Lipinski definition) is 3. The predicted octanol–water partition coefficient (Wildman–Crippen LogP) is 3.07. The van der Waals surface area contributed by atoms with Crippen LogP contribution in [-0.4, -0.2) is 12.2 Å². The molecule has 0 saturated heterocycles. The van der Waals surface area contributed by atoms with Crippen LogP contribution in [0.2, 0.25) is 0 Å². The molecular formula is C16H18O3. The minimum atomic E-state index is -0.00741.